The summed E-state index contributed by atoms with van der Waals surface area (Å²) in [6.45, 7) is 6.10. The van der Waals surface area contributed by atoms with Crippen molar-refractivity contribution in [1.29, 1.82) is 0 Å². The molecule has 2 aromatic heterocycles. The fourth-order valence-corrected chi connectivity index (χ4v) is 3.65. The molecular weight excluding hydrogens is 328 g/mol. The Balaban J connectivity index is 1.36. The molecule has 3 aromatic rings. The lowest BCUT2D eigenvalue weighted by Crippen LogP contribution is -2.36. The van der Waals surface area contributed by atoms with Crippen molar-refractivity contribution in [2.24, 2.45) is 0 Å². The molecule has 1 amide bonds. The minimum atomic E-state index is 0.203. The number of aryl methyl sites for hydroxylation is 1. The summed E-state index contributed by atoms with van der Waals surface area (Å²) in [5.74, 6) is 1.04. The van der Waals surface area contributed by atoms with Gasteiger partial charge in [-0.1, -0.05) is 23.4 Å². The number of nitrogens with one attached hydrogen (secondary N) is 1. The highest BCUT2D eigenvalue weighted by atomic mass is 16.5. The Morgan fingerprint density at radius 3 is 2.96 bits per heavy atom. The van der Waals surface area contributed by atoms with Gasteiger partial charge in [0.15, 0.2) is 0 Å². The minimum absolute atomic E-state index is 0.203. The van der Waals surface area contributed by atoms with Crippen molar-refractivity contribution in [2.45, 2.75) is 26.3 Å². The first-order chi connectivity index (χ1) is 12.7. The van der Waals surface area contributed by atoms with Crippen molar-refractivity contribution in [2.75, 3.05) is 26.2 Å². The molecule has 4 rings (SSSR count). The first-order valence-electron chi connectivity index (χ1n) is 9.16. The third-order valence-electron chi connectivity index (χ3n) is 5.02. The van der Waals surface area contributed by atoms with Crippen molar-refractivity contribution < 1.29 is 9.32 Å². The van der Waals surface area contributed by atoms with Crippen LogP contribution < -0.4 is 0 Å². The summed E-state index contributed by atoms with van der Waals surface area (Å²) < 4.78 is 5.15. The van der Waals surface area contributed by atoms with Gasteiger partial charge in [0, 0.05) is 55.9 Å². The molecule has 0 saturated carbocycles. The number of hydrogen-bond donors (Lipinski definition) is 1. The molecule has 136 valence electrons. The molecule has 0 bridgehead atoms. The fraction of sp³-hybridized carbons (Fsp3) is 0.400. The quantitative estimate of drug-likeness (QED) is 0.784. The molecule has 0 spiro atoms. The molecule has 1 saturated heterocycles. The zero-order chi connectivity index (χ0) is 17.9. The van der Waals surface area contributed by atoms with Gasteiger partial charge in [-0.2, -0.15) is 0 Å². The molecule has 1 aromatic carbocycles. The SMILES string of the molecule is Cc1cc(CN2CCCN(C(=O)Cc3c[nH]c4ccccc34)CC2)no1. The van der Waals surface area contributed by atoms with Gasteiger partial charge in [0.2, 0.25) is 5.91 Å². The predicted octanol–water partition coefficient (Wildman–Crippen LogP) is 2.74. The number of hydrogen-bond acceptors (Lipinski definition) is 4. The van der Waals surface area contributed by atoms with Crippen molar-refractivity contribution in [3.8, 4) is 0 Å². The summed E-state index contributed by atoms with van der Waals surface area (Å²) >= 11 is 0. The van der Waals surface area contributed by atoms with Crippen LogP contribution in [0.5, 0.6) is 0 Å². The number of carbonyl (C=O) groups is 1. The number of amides is 1. The van der Waals surface area contributed by atoms with Crippen LogP contribution in [-0.4, -0.2) is 52.0 Å². The summed E-state index contributed by atoms with van der Waals surface area (Å²) in [5.41, 5.74) is 3.12. The van der Waals surface area contributed by atoms with Crippen LogP contribution in [-0.2, 0) is 17.8 Å². The van der Waals surface area contributed by atoms with E-state index in [4.69, 9.17) is 4.52 Å². The lowest BCUT2D eigenvalue weighted by molar-refractivity contribution is -0.130. The highest BCUT2D eigenvalue weighted by Gasteiger charge is 2.21. The van der Waals surface area contributed by atoms with Gasteiger partial charge >= 0.3 is 0 Å². The normalized spacial score (nSPS) is 16.1. The van der Waals surface area contributed by atoms with E-state index in [1.54, 1.807) is 0 Å². The van der Waals surface area contributed by atoms with Crippen LogP contribution in [0.25, 0.3) is 10.9 Å². The second kappa shape index (κ2) is 7.33. The summed E-state index contributed by atoms with van der Waals surface area (Å²) in [7, 11) is 0. The molecule has 0 radical (unpaired) electrons. The Morgan fingerprint density at radius 1 is 1.23 bits per heavy atom. The Labute approximate surface area is 152 Å². The molecule has 0 unspecified atom stereocenters. The second-order valence-corrected chi connectivity index (χ2v) is 6.98. The Bertz CT molecular complexity index is 898. The van der Waals surface area contributed by atoms with Crippen LogP contribution in [0.15, 0.2) is 41.1 Å². The van der Waals surface area contributed by atoms with Crippen LogP contribution in [0.4, 0.5) is 0 Å². The van der Waals surface area contributed by atoms with Gasteiger partial charge in [-0.05, 0) is 25.0 Å². The Morgan fingerprint density at radius 2 is 2.12 bits per heavy atom. The fourth-order valence-electron chi connectivity index (χ4n) is 3.65. The number of para-hydroxylation sites is 1. The topological polar surface area (TPSA) is 65.4 Å². The first-order valence-corrected chi connectivity index (χ1v) is 9.16. The lowest BCUT2D eigenvalue weighted by Gasteiger charge is -2.21. The maximum Gasteiger partial charge on any atom is 0.227 e. The van der Waals surface area contributed by atoms with Gasteiger partial charge in [-0.3, -0.25) is 9.69 Å². The van der Waals surface area contributed by atoms with Gasteiger partial charge < -0.3 is 14.4 Å². The number of fused-ring (bicyclic) bond motifs is 1. The number of aromatic nitrogens is 2. The molecule has 26 heavy (non-hydrogen) atoms. The zero-order valence-corrected chi connectivity index (χ0v) is 15.1. The maximum absolute atomic E-state index is 12.8. The van der Waals surface area contributed by atoms with Crippen LogP contribution in [0.3, 0.4) is 0 Å². The van der Waals surface area contributed by atoms with E-state index in [0.717, 1.165) is 67.1 Å². The maximum atomic E-state index is 12.8. The number of rotatable bonds is 4. The van der Waals surface area contributed by atoms with E-state index in [1.807, 2.05) is 42.3 Å². The molecule has 1 aliphatic heterocycles. The van der Waals surface area contributed by atoms with Crippen LogP contribution in [0.2, 0.25) is 0 Å². The average Bonchev–Trinajstić information content (AvgIpc) is 3.15. The highest BCUT2D eigenvalue weighted by molar-refractivity contribution is 5.88. The van der Waals surface area contributed by atoms with Crippen LogP contribution >= 0.6 is 0 Å². The number of carbonyl (C=O) groups excluding carboxylic acids is 1. The Hall–Kier alpha value is -2.60. The molecule has 1 N–H and O–H groups in total. The molecule has 0 aliphatic carbocycles. The van der Waals surface area contributed by atoms with E-state index < -0.39 is 0 Å². The third-order valence-corrected chi connectivity index (χ3v) is 5.02. The van der Waals surface area contributed by atoms with Crippen molar-refractivity contribution in [1.82, 2.24) is 19.9 Å². The molecule has 0 atom stereocenters. The van der Waals surface area contributed by atoms with E-state index in [0.29, 0.717) is 6.42 Å². The van der Waals surface area contributed by atoms with Crippen LogP contribution in [0.1, 0.15) is 23.4 Å². The minimum Gasteiger partial charge on any atom is -0.361 e. The number of H-pyrrole nitrogens is 1. The lowest BCUT2D eigenvalue weighted by atomic mass is 10.1. The molecule has 1 fully saturated rings. The highest BCUT2D eigenvalue weighted by Crippen LogP contribution is 2.19. The molecule has 6 heteroatoms. The van der Waals surface area contributed by atoms with E-state index in [-0.39, 0.29) is 5.91 Å². The van der Waals surface area contributed by atoms with Gasteiger partial charge in [0.05, 0.1) is 12.1 Å². The van der Waals surface area contributed by atoms with E-state index >= 15 is 0 Å². The molecule has 3 heterocycles. The van der Waals surface area contributed by atoms with Gasteiger partial charge in [0.1, 0.15) is 5.76 Å². The summed E-state index contributed by atoms with van der Waals surface area (Å²) in [6, 6.07) is 10.1. The number of aromatic amines is 1. The predicted molar refractivity (Wildman–Crippen MR) is 99.7 cm³/mol. The monoisotopic (exact) mass is 352 g/mol. The molecular formula is C20H24N4O2. The van der Waals surface area contributed by atoms with E-state index in [2.05, 4.69) is 21.1 Å². The number of nitrogens with zero attached hydrogens (tertiary/aromatic N) is 3. The van der Waals surface area contributed by atoms with Crippen LogP contribution in [0, 0.1) is 6.92 Å². The standard InChI is InChI=1S/C20H24N4O2/c1-15-11-17(22-26-15)14-23-7-4-8-24(10-9-23)20(25)12-16-13-21-19-6-3-2-5-18(16)19/h2-3,5-6,11,13,21H,4,7-10,12,14H2,1H3. The van der Waals surface area contributed by atoms with Crippen molar-refractivity contribution >= 4 is 16.8 Å². The van der Waals surface area contributed by atoms with Crippen molar-refractivity contribution in [3.05, 3.63) is 53.5 Å². The molecule has 1 aliphatic rings. The molecule has 6 nitrogen and oxygen atoms in total. The summed E-state index contributed by atoms with van der Waals surface area (Å²) in [4.78, 5) is 20.4. The number of benzene rings is 1. The van der Waals surface area contributed by atoms with Gasteiger partial charge in [0.25, 0.3) is 0 Å². The Kier molecular flexibility index (Phi) is 4.75. The largest absolute Gasteiger partial charge is 0.361 e. The zero-order valence-electron chi connectivity index (χ0n) is 15.1. The third kappa shape index (κ3) is 3.65. The van der Waals surface area contributed by atoms with Crippen molar-refractivity contribution in [3.63, 3.8) is 0 Å². The van der Waals surface area contributed by atoms with E-state index in [9.17, 15) is 4.79 Å². The smallest absolute Gasteiger partial charge is 0.227 e. The average molecular weight is 352 g/mol. The first kappa shape index (κ1) is 16.8. The summed E-state index contributed by atoms with van der Waals surface area (Å²) in [5, 5.41) is 5.21. The van der Waals surface area contributed by atoms with Gasteiger partial charge in [-0.15, -0.1) is 0 Å². The van der Waals surface area contributed by atoms with E-state index in [1.165, 1.54) is 0 Å². The second-order valence-electron chi connectivity index (χ2n) is 6.98. The van der Waals surface area contributed by atoms with Gasteiger partial charge in [-0.25, -0.2) is 0 Å². The summed E-state index contributed by atoms with van der Waals surface area (Å²) in [6.07, 6.45) is 3.39.